The van der Waals surface area contributed by atoms with Crippen LogP contribution in [0.25, 0.3) is 0 Å². The minimum atomic E-state index is 0.805. The Bertz CT molecular complexity index is 145. The molecule has 1 N–H and O–H groups in total. The van der Waals surface area contributed by atoms with Gasteiger partial charge in [-0.25, -0.2) is 0 Å². The Balaban J connectivity index is 1.93. The molecule has 0 aromatic heterocycles. The highest BCUT2D eigenvalue weighted by Gasteiger charge is 2.54. The summed E-state index contributed by atoms with van der Waals surface area (Å²) in [5, 5.41) is 3.44. The standard InChI is InChI=1S/C10H19N/c1-8(2)9-7-10(9)3-5-11-6-4-10/h8-9,11H,3-7H2,1-2H3. The molecular formula is C10H19N. The minimum Gasteiger partial charge on any atom is -0.317 e. The van der Waals surface area contributed by atoms with E-state index in [-0.39, 0.29) is 0 Å². The van der Waals surface area contributed by atoms with Crippen LogP contribution in [0.1, 0.15) is 33.1 Å². The highest BCUT2D eigenvalue weighted by Crippen LogP contribution is 2.61. The Labute approximate surface area is 69.6 Å². The van der Waals surface area contributed by atoms with E-state index in [1.54, 1.807) is 0 Å². The summed E-state index contributed by atoms with van der Waals surface area (Å²) in [6.07, 6.45) is 4.40. The second-order valence-corrected chi connectivity index (χ2v) is 4.67. The van der Waals surface area contributed by atoms with Gasteiger partial charge in [0.15, 0.2) is 0 Å². The zero-order valence-corrected chi connectivity index (χ0v) is 7.69. The quantitative estimate of drug-likeness (QED) is 0.608. The van der Waals surface area contributed by atoms with Gasteiger partial charge in [0.1, 0.15) is 0 Å². The highest BCUT2D eigenvalue weighted by atomic mass is 14.9. The zero-order chi connectivity index (χ0) is 7.90. The molecule has 1 saturated carbocycles. The van der Waals surface area contributed by atoms with Gasteiger partial charge in [-0.05, 0) is 49.6 Å². The third-order valence-electron chi connectivity index (χ3n) is 3.66. The molecule has 0 aromatic carbocycles. The third-order valence-corrected chi connectivity index (χ3v) is 3.66. The smallest absolute Gasteiger partial charge is 0.00435 e. The van der Waals surface area contributed by atoms with E-state index in [1.807, 2.05) is 0 Å². The van der Waals surface area contributed by atoms with Crippen molar-refractivity contribution in [1.29, 1.82) is 0 Å². The van der Waals surface area contributed by atoms with Gasteiger partial charge >= 0.3 is 0 Å². The summed E-state index contributed by atoms with van der Waals surface area (Å²) in [5.74, 6) is 1.98. The first-order chi connectivity index (χ1) is 5.25. The van der Waals surface area contributed by atoms with E-state index in [0.29, 0.717) is 0 Å². The fourth-order valence-corrected chi connectivity index (χ4v) is 2.82. The van der Waals surface area contributed by atoms with Crippen molar-refractivity contribution in [3.8, 4) is 0 Å². The number of nitrogens with one attached hydrogen (secondary N) is 1. The van der Waals surface area contributed by atoms with Crippen molar-refractivity contribution < 1.29 is 0 Å². The Morgan fingerprint density at radius 2 is 1.91 bits per heavy atom. The summed E-state index contributed by atoms with van der Waals surface area (Å²) in [5.41, 5.74) is 0.805. The summed E-state index contributed by atoms with van der Waals surface area (Å²) in [7, 11) is 0. The molecule has 2 aliphatic rings. The van der Waals surface area contributed by atoms with Crippen molar-refractivity contribution in [3.05, 3.63) is 0 Å². The van der Waals surface area contributed by atoms with Crippen molar-refractivity contribution in [3.63, 3.8) is 0 Å². The van der Waals surface area contributed by atoms with E-state index < -0.39 is 0 Å². The van der Waals surface area contributed by atoms with Crippen molar-refractivity contribution >= 4 is 0 Å². The molecular weight excluding hydrogens is 134 g/mol. The first-order valence-corrected chi connectivity index (χ1v) is 4.95. The molecule has 1 heteroatoms. The van der Waals surface area contributed by atoms with Gasteiger partial charge in [0.05, 0.1) is 0 Å². The molecule has 1 heterocycles. The summed E-state index contributed by atoms with van der Waals surface area (Å²) in [4.78, 5) is 0. The van der Waals surface area contributed by atoms with Crippen LogP contribution in [0, 0.1) is 17.3 Å². The van der Waals surface area contributed by atoms with Gasteiger partial charge in [-0.3, -0.25) is 0 Å². The van der Waals surface area contributed by atoms with Gasteiger partial charge in [-0.15, -0.1) is 0 Å². The largest absolute Gasteiger partial charge is 0.317 e. The third kappa shape index (κ3) is 1.20. The monoisotopic (exact) mass is 153 g/mol. The summed E-state index contributed by atoms with van der Waals surface area (Å²) >= 11 is 0. The number of hydrogen-bond donors (Lipinski definition) is 1. The highest BCUT2D eigenvalue weighted by molar-refractivity contribution is 5.05. The van der Waals surface area contributed by atoms with E-state index in [9.17, 15) is 0 Å². The van der Waals surface area contributed by atoms with Crippen LogP contribution in [0.4, 0.5) is 0 Å². The van der Waals surface area contributed by atoms with E-state index in [1.165, 1.54) is 32.4 Å². The van der Waals surface area contributed by atoms with Crippen LogP contribution in [-0.4, -0.2) is 13.1 Å². The lowest BCUT2D eigenvalue weighted by Crippen LogP contribution is -2.30. The molecule has 2 fully saturated rings. The Hall–Kier alpha value is -0.0400. The van der Waals surface area contributed by atoms with Crippen LogP contribution in [0.5, 0.6) is 0 Å². The lowest BCUT2D eigenvalue weighted by Gasteiger charge is -2.24. The number of hydrogen-bond acceptors (Lipinski definition) is 1. The lowest BCUT2D eigenvalue weighted by atomic mass is 9.88. The second kappa shape index (κ2) is 2.48. The average molecular weight is 153 g/mol. The minimum absolute atomic E-state index is 0.805. The average Bonchev–Trinajstić information content (AvgIpc) is 2.66. The SMILES string of the molecule is CC(C)C1CC12CCNCC2. The maximum Gasteiger partial charge on any atom is -0.00435 e. The van der Waals surface area contributed by atoms with Gasteiger partial charge in [0.2, 0.25) is 0 Å². The Morgan fingerprint density at radius 1 is 1.27 bits per heavy atom. The fourth-order valence-electron chi connectivity index (χ4n) is 2.82. The van der Waals surface area contributed by atoms with Gasteiger partial charge in [0, 0.05) is 0 Å². The normalized spacial score (nSPS) is 34.6. The van der Waals surface area contributed by atoms with Gasteiger partial charge < -0.3 is 5.32 Å². The first-order valence-electron chi connectivity index (χ1n) is 4.95. The molecule has 1 spiro atoms. The van der Waals surface area contributed by atoms with Crippen LogP contribution in [0.3, 0.4) is 0 Å². The van der Waals surface area contributed by atoms with Gasteiger partial charge in [-0.2, -0.15) is 0 Å². The zero-order valence-electron chi connectivity index (χ0n) is 7.69. The molecule has 0 bridgehead atoms. The van der Waals surface area contributed by atoms with Crippen LogP contribution < -0.4 is 5.32 Å². The topological polar surface area (TPSA) is 12.0 Å². The van der Waals surface area contributed by atoms with Crippen LogP contribution in [0.2, 0.25) is 0 Å². The molecule has 1 unspecified atom stereocenters. The van der Waals surface area contributed by atoms with E-state index in [4.69, 9.17) is 0 Å². The van der Waals surface area contributed by atoms with Gasteiger partial charge in [-0.1, -0.05) is 13.8 Å². The molecule has 64 valence electrons. The maximum atomic E-state index is 3.44. The van der Waals surface area contributed by atoms with Crippen LogP contribution in [-0.2, 0) is 0 Å². The van der Waals surface area contributed by atoms with Crippen molar-refractivity contribution in [2.24, 2.45) is 17.3 Å². The van der Waals surface area contributed by atoms with Crippen molar-refractivity contribution in [2.75, 3.05) is 13.1 Å². The lowest BCUT2D eigenvalue weighted by molar-refractivity contribution is 0.296. The molecule has 11 heavy (non-hydrogen) atoms. The summed E-state index contributed by atoms with van der Waals surface area (Å²) in [6, 6.07) is 0. The summed E-state index contributed by atoms with van der Waals surface area (Å²) < 4.78 is 0. The van der Waals surface area contributed by atoms with Crippen LogP contribution in [0.15, 0.2) is 0 Å². The summed E-state index contributed by atoms with van der Waals surface area (Å²) in [6.45, 7) is 7.29. The molecule has 1 aliphatic carbocycles. The predicted molar refractivity (Wildman–Crippen MR) is 47.5 cm³/mol. The molecule has 2 rings (SSSR count). The van der Waals surface area contributed by atoms with E-state index in [2.05, 4.69) is 19.2 Å². The molecule has 0 aromatic rings. The van der Waals surface area contributed by atoms with E-state index >= 15 is 0 Å². The molecule has 1 aliphatic heterocycles. The first kappa shape index (κ1) is 7.60. The molecule has 0 amide bonds. The predicted octanol–water partition coefficient (Wildman–Crippen LogP) is 2.03. The molecule has 1 atom stereocenters. The second-order valence-electron chi connectivity index (χ2n) is 4.67. The Kier molecular flexibility index (Phi) is 1.71. The number of piperidine rings is 1. The molecule has 0 radical (unpaired) electrons. The molecule has 1 saturated heterocycles. The van der Waals surface area contributed by atoms with Crippen molar-refractivity contribution in [1.82, 2.24) is 5.32 Å². The van der Waals surface area contributed by atoms with Gasteiger partial charge in [0.25, 0.3) is 0 Å². The fraction of sp³-hybridized carbons (Fsp3) is 1.00. The van der Waals surface area contributed by atoms with Crippen LogP contribution >= 0.6 is 0 Å². The molecule has 1 nitrogen and oxygen atoms in total. The Morgan fingerprint density at radius 3 is 2.36 bits per heavy atom. The number of rotatable bonds is 1. The van der Waals surface area contributed by atoms with Crippen molar-refractivity contribution in [2.45, 2.75) is 33.1 Å². The maximum absolute atomic E-state index is 3.44. The van der Waals surface area contributed by atoms with E-state index in [0.717, 1.165) is 17.3 Å².